The first kappa shape index (κ1) is 31.4. The highest BCUT2D eigenvalue weighted by molar-refractivity contribution is 5.33. The Kier molecular flexibility index (Phi) is 10.9. The van der Waals surface area contributed by atoms with E-state index < -0.39 is 23.3 Å². The molecule has 2 aromatic carbocycles. The number of benzene rings is 2. The lowest BCUT2D eigenvalue weighted by atomic mass is 9.67. The van der Waals surface area contributed by atoms with Gasteiger partial charge in [-0.05, 0) is 136 Å². The highest BCUT2D eigenvalue weighted by atomic mass is 19.2. The minimum absolute atomic E-state index is 0.0111. The van der Waals surface area contributed by atoms with Gasteiger partial charge in [0.1, 0.15) is 0 Å². The number of rotatable bonds is 10. The number of hydrogen-bond acceptors (Lipinski definition) is 1. The van der Waals surface area contributed by atoms with Gasteiger partial charge in [-0.2, -0.15) is 4.39 Å². The molecule has 3 fully saturated rings. The third kappa shape index (κ3) is 7.18. The van der Waals surface area contributed by atoms with Gasteiger partial charge in [-0.3, -0.25) is 0 Å². The van der Waals surface area contributed by atoms with E-state index in [1.807, 2.05) is 13.0 Å². The second kappa shape index (κ2) is 14.6. The molecule has 5 heteroatoms. The zero-order chi connectivity index (χ0) is 29.6. The van der Waals surface area contributed by atoms with E-state index in [-0.39, 0.29) is 17.6 Å². The first-order valence-corrected chi connectivity index (χ1v) is 17.0. The van der Waals surface area contributed by atoms with Gasteiger partial charge in [-0.15, -0.1) is 0 Å². The van der Waals surface area contributed by atoms with Gasteiger partial charge in [-0.1, -0.05) is 57.2 Å². The molecular weight excluding hydrogens is 536 g/mol. The molecule has 42 heavy (non-hydrogen) atoms. The normalized spacial score (nSPS) is 28.5. The molecule has 0 saturated heterocycles. The van der Waals surface area contributed by atoms with Crippen LogP contribution in [-0.4, -0.2) is 6.61 Å². The van der Waals surface area contributed by atoms with Crippen LogP contribution in [0.3, 0.4) is 0 Å². The quantitative estimate of drug-likeness (QED) is 0.252. The fourth-order valence-corrected chi connectivity index (χ4v) is 8.59. The highest BCUT2D eigenvalue weighted by Gasteiger charge is 2.33. The molecule has 3 saturated carbocycles. The van der Waals surface area contributed by atoms with Crippen LogP contribution >= 0.6 is 0 Å². The van der Waals surface area contributed by atoms with Crippen molar-refractivity contribution in [2.24, 2.45) is 23.7 Å². The van der Waals surface area contributed by atoms with Gasteiger partial charge >= 0.3 is 0 Å². The Hall–Kier alpha value is -2.04. The summed E-state index contributed by atoms with van der Waals surface area (Å²) in [6.45, 7) is 4.09. The Morgan fingerprint density at radius 2 is 1.05 bits per heavy atom. The molecule has 0 aliphatic heterocycles. The van der Waals surface area contributed by atoms with Gasteiger partial charge in [0, 0.05) is 0 Å². The summed E-state index contributed by atoms with van der Waals surface area (Å²) >= 11 is 0. The molecule has 0 N–H and O–H groups in total. The summed E-state index contributed by atoms with van der Waals surface area (Å²) in [6, 6.07) is 6.96. The molecule has 0 radical (unpaired) electrons. The van der Waals surface area contributed by atoms with E-state index >= 15 is 0 Å². The van der Waals surface area contributed by atoms with Gasteiger partial charge in [0.05, 0.1) is 6.61 Å². The maximum absolute atomic E-state index is 14.8. The van der Waals surface area contributed by atoms with Crippen LogP contribution in [0.2, 0.25) is 0 Å². The standard InChI is InChI=1S/C37H50F4O/c1-3-5-30-20-21-31(35(39)34(30)38)28-14-10-25(11-15-28)7-6-24-8-12-26(13-9-24)27-16-18-29(19-17-27)32-22-23-33(42-4-2)37(41)36(32)40/h20-29H,3-19H2,1-2H3. The van der Waals surface area contributed by atoms with E-state index in [1.54, 1.807) is 25.1 Å². The van der Waals surface area contributed by atoms with Crippen LogP contribution in [0.15, 0.2) is 24.3 Å². The maximum Gasteiger partial charge on any atom is 0.200 e. The Bertz CT molecular complexity index is 1150. The van der Waals surface area contributed by atoms with Crippen LogP contribution in [-0.2, 0) is 6.42 Å². The first-order valence-electron chi connectivity index (χ1n) is 17.0. The molecule has 0 bridgehead atoms. The predicted molar refractivity (Wildman–Crippen MR) is 162 cm³/mol. The second-order valence-corrected chi connectivity index (χ2v) is 13.6. The van der Waals surface area contributed by atoms with Crippen molar-refractivity contribution < 1.29 is 22.3 Å². The molecule has 0 atom stereocenters. The minimum atomic E-state index is -0.843. The van der Waals surface area contributed by atoms with Crippen molar-refractivity contribution in [2.45, 2.75) is 128 Å². The molecule has 2 aromatic rings. The van der Waals surface area contributed by atoms with Gasteiger partial charge in [0.2, 0.25) is 5.82 Å². The van der Waals surface area contributed by atoms with E-state index in [1.165, 1.54) is 38.5 Å². The minimum Gasteiger partial charge on any atom is -0.491 e. The van der Waals surface area contributed by atoms with Crippen molar-refractivity contribution in [3.63, 3.8) is 0 Å². The molecular formula is C37H50F4O. The molecule has 0 aromatic heterocycles. The van der Waals surface area contributed by atoms with Crippen LogP contribution in [0.25, 0.3) is 0 Å². The molecule has 3 aliphatic carbocycles. The molecule has 5 rings (SSSR count). The largest absolute Gasteiger partial charge is 0.491 e. The zero-order valence-electron chi connectivity index (χ0n) is 25.7. The summed E-state index contributed by atoms with van der Waals surface area (Å²) in [7, 11) is 0. The third-order valence-electron chi connectivity index (χ3n) is 11.1. The number of aryl methyl sites for hydroxylation is 1. The third-order valence-corrected chi connectivity index (χ3v) is 11.1. The number of ether oxygens (including phenoxy) is 1. The first-order chi connectivity index (χ1) is 20.4. The smallest absolute Gasteiger partial charge is 0.200 e. The van der Waals surface area contributed by atoms with Gasteiger partial charge in [0.15, 0.2) is 23.2 Å². The summed E-state index contributed by atoms with van der Waals surface area (Å²) in [5.41, 5.74) is 1.62. The second-order valence-electron chi connectivity index (χ2n) is 13.6. The Morgan fingerprint density at radius 3 is 1.60 bits per heavy atom. The SMILES string of the molecule is CCCc1ccc(C2CCC(CCC3CCC(C4CCC(c5ccc(OCC)c(F)c5F)CC4)CC3)CC2)c(F)c1F. The van der Waals surface area contributed by atoms with Crippen molar-refractivity contribution in [1.82, 2.24) is 0 Å². The maximum atomic E-state index is 14.8. The van der Waals surface area contributed by atoms with Gasteiger partial charge < -0.3 is 4.74 Å². The molecule has 0 spiro atoms. The monoisotopic (exact) mass is 586 g/mol. The number of hydrogen-bond donors (Lipinski definition) is 0. The predicted octanol–water partition coefficient (Wildman–Crippen LogP) is 11.4. The lowest BCUT2D eigenvalue weighted by Gasteiger charge is -2.38. The van der Waals surface area contributed by atoms with Gasteiger partial charge in [0.25, 0.3) is 0 Å². The molecule has 0 heterocycles. The van der Waals surface area contributed by atoms with E-state index in [2.05, 4.69) is 0 Å². The fourth-order valence-electron chi connectivity index (χ4n) is 8.59. The zero-order valence-corrected chi connectivity index (χ0v) is 25.7. The lowest BCUT2D eigenvalue weighted by Crippen LogP contribution is -2.26. The summed E-state index contributed by atoms with van der Waals surface area (Å²) in [5.74, 6) is 0.498. The number of halogens is 4. The van der Waals surface area contributed by atoms with Crippen LogP contribution in [0.4, 0.5) is 17.6 Å². The Morgan fingerprint density at radius 1 is 0.571 bits per heavy atom. The topological polar surface area (TPSA) is 9.23 Å². The molecule has 1 nitrogen and oxygen atoms in total. The van der Waals surface area contributed by atoms with Crippen molar-refractivity contribution in [3.8, 4) is 5.75 Å². The molecule has 3 aliphatic rings. The van der Waals surface area contributed by atoms with E-state index in [9.17, 15) is 17.6 Å². The summed E-state index contributed by atoms with van der Waals surface area (Å²) in [5, 5.41) is 0. The summed E-state index contributed by atoms with van der Waals surface area (Å²) < 4.78 is 63.7. The average Bonchev–Trinajstić information content (AvgIpc) is 3.02. The molecule has 0 unspecified atom stereocenters. The van der Waals surface area contributed by atoms with Crippen molar-refractivity contribution in [3.05, 3.63) is 64.2 Å². The molecule has 0 amide bonds. The summed E-state index contributed by atoms with van der Waals surface area (Å²) in [6.07, 6.45) is 17.5. The van der Waals surface area contributed by atoms with Gasteiger partial charge in [-0.25, -0.2) is 13.2 Å². The van der Waals surface area contributed by atoms with Crippen LogP contribution in [0.1, 0.15) is 139 Å². The molecule has 232 valence electrons. The lowest BCUT2D eigenvalue weighted by molar-refractivity contribution is 0.150. The van der Waals surface area contributed by atoms with E-state index in [0.717, 1.165) is 69.6 Å². The van der Waals surface area contributed by atoms with Crippen LogP contribution in [0.5, 0.6) is 5.75 Å². The van der Waals surface area contributed by atoms with Crippen LogP contribution < -0.4 is 4.74 Å². The summed E-state index contributed by atoms with van der Waals surface area (Å²) in [4.78, 5) is 0. The van der Waals surface area contributed by atoms with Crippen molar-refractivity contribution in [1.29, 1.82) is 0 Å². The van der Waals surface area contributed by atoms with Crippen molar-refractivity contribution >= 4 is 0 Å². The highest BCUT2D eigenvalue weighted by Crippen LogP contribution is 2.46. The fraction of sp³-hybridized carbons (Fsp3) is 0.676. The van der Waals surface area contributed by atoms with E-state index in [4.69, 9.17) is 4.74 Å². The van der Waals surface area contributed by atoms with E-state index in [0.29, 0.717) is 41.6 Å². The Labute approximate surface area is 250 Å². The van der Waals surface area contributed by atoms with Crippen molar-refractivity contribution in [2.75, 3.05) is 6.61 Å². The average molecular weight is 587 g/mol. The Balaban J connectivity index is 1.01. The van der Waals surface area contributed by atoms with Crippen LogP contribution in [0, 0.1) is 46.9 Å².